The van der Waals surface area contributed by atoms with Gasteiger partial charge in [0, 0.05) is 29.6 Å². The molecular weight excluding hydrogens is 204 g/mol. The summed E-state index contributed by atoms with van der Waals surface area (Å²) in [5.41, 5.74) is 0. The van der Waals surface area contributed by atoms with E-state index in [2.05, 4.69) is 0 Å². The maximum absolute atomic E-state index is 6.25. The van der Waals surface area contributed by atoms with Gasteiger partial charge in [0.1, 0.15) is 0 Å². The molecule has 0 atom stereocenters. The van der Waals surface area contributed by atoms with E-state index in [0.29, 0.717) is 0 Å². The molecular formula is C3N3NaRh. The van der Waals surface area contributed by atoms with E-state index in [4.69, 9.17) is 35.5 Å². The van der Waals surface area contributed by atoms with Gasteiger partial charge in [-0.25, -0.2) is 0 Å². The Bertz CT molecular complexity index is 43.0. The molecule has 0 aliphatic heterocycles. The Balaban J connectivity index is -0.00000000500. The molecule has 3 nitrogen and oxygen atoms in total. The smallest absolute Gasteiger partial charge is 0.512 e. The fraction of sp³-hybridized carbons (Fsp3) is 0. The second-order valence-corrected chi connectivity index (χ2v) is 0. The molecule has 0 bridgehead atoms. The zero-order valence-corrected chi connectivity index (χ0v) is 7.81. The van der Waals surface area contributed by atoms with E-state index in [0.717, 1.165) is 0 Å². The van der Waals surface area contributed by atoms with E-state index < -0.39 is 0 Å². The molecule has 0 aliphatic carbocycles. The van der Waals surface area contributed by atoms with Crippen LogP contribution in [0.2, 0.25) is 0 Å². The summed E-state index contributed by atoms with van der Waals surface area (Å²) in [5, 5.41) is 18.8. The number of rotatable bonds is 0. The largest absolute Gasteiger partial charge is 3.00 e. The summed E-state index contributed by atoms with van der Waals surface area (Å²) in [6.45, 7) is 14.2. The Morgan fingerprint density at radius 1 is 0.625 bits per heavy atom. The summed E-state index contributed by atoms with van der Waals surface area (Å²) in [4.78, 5) is 0. The number of hydrogen-bond donors (Lipinski definition) is 0. The summed E-state index contributed by atoms with van der Waals surface area (Å²) in [6, 6.07) is 0. The van der Waals surface area contributed by atoms with E-state index in [1.165, 1.54) is 0 Å². The monoisotopic (exact) mass is 204 g/mol. The molecule has 0 spiro atoms. The molecule has 0 aliphatic rings. The van der Waals surface area contributed by atoms with Crippen LogP contribution in [0.1, 0.15) is 0 Å². The van der Waals surface area contributed by atoms with Crippen molar-refractivity contribution in [1.82, 2.24) is 0 Å². The van der Waals surface area contributed by atoms with E-state index in [1.54, 1.807) is 0 Å². The Hall–Kier alpha value is 0.0934. The van der Waals surface area contributed by atoms with Crippen LogP contribution < -0.4 is 0 Å². The van der Waals surface area contributed by atoms with Crippen LogP contribution in [0.5, 0.6) is 0 Å². The van der Waals surface area contributed by atoms with E-state index in [9.17, 15) is 0 Å². The first-order chi connectivity index (χ1) is 3.00. The third kappa shape index (κ3) is 18100. The predicted octanol–water partition coefficient (Wildman–Crippen LogP) is -0.0942. The van der Waals surface area contributed by atoms with Gasteiger partial charge in [0.15, 0.2) is 0 Å². The summed E-state index contributed by atoms with van der Waals surface area (Å²) in [6.07, 6.45) is 0. The average Bonchev–Trinajstić information content (AvgIpc) is 1.81. The Labute approximate surface area is 84.0 Å². The summed E-state index contributed by atoms with van der Waals surface area (Å²) < 4.78 is 0. The quantitative estimate of drug-likeness (QED) is 0.408. The van der Waals surface area contributed by atoms with Crippen LogP contribution in [0.15, 0.2) is 0 Å². The molecule has 0 amide bonds. The first-order valence-electron chi connectivity index (χ1n) is 0.671. The van der Waals surface area contributed by atoms with Gasteiger partial charge in [0.2, 0.25) is 0 Å². The molecule has 0 aromatic carbocycles. The minimum absolute atomic E-state index is 0. The second-order valence-electron chi connectivity index (χ2n) is 0. The predicted molar refractivity (Wildman–Crippen MR) is 20.7 cm³/mol. The number of nitrogens with zero attached hydrogens (tertiary/aromatic N) is 3. The van der Waals surface area contributed by atoms with Gasteiger partial charge in [-0.15, -0.1) is 0 Å². The number of hydrogen-bond acceptors (Lipinski definition) is 3. The first-order valence-corrected chi connectivity index (χ1v) is 0.671. The molecule has 1 radical (unpaired) electrons. The SMILES string of the molecule is [C-]#N.[C-]#N.[C-]#N.[Na].[Rh+3]. The van der Waals surface area contributed by atoms with Gasteiger partial charge in [0.25, 0.3) is 0 Å². The molecule has 0 saturated heterocycles. The van der Waals surface area contributed by atoms with Crippen molar-refractivity contribution in [3.8, 4) is 0 Å². The zero-order valence-electron chi connectivity index (χ0n) is 4.17. The average molecular weight is 204 g/mol. The van der Waals surface area contributed by atoms with E-state index in [1.807, 2.05) is 0 Å². The van der Waals surface area contributed by atoms with Crippen molar-refractivity contribution in [3.05, 3.63) is 19.7 Å². The van der Waals surface area contributed by atoms with Crippen molar-refractivity contribution in [3.63, 3.8) is 0 Å². The van der Waals surface area contributed by atoms with Gasteiger partial charge in [-0.1, -0.05) is 0 Å². The third-order valence-corrected chi connectivity index (χ3v) is 0. The van der Waals surface area contributed by atoms with Gasteiger partial charge in [-0.3, -0.25) is 0 Å². The summed E-state index contributed by atoms with van der Waals surface area (Å²) in [7, 11) is 0. The van der Waals surface area contributed by atoms with Crippen LogP contribution in [0.3, 0.4) is 0 Å². The molecule has 0 fully saturated rings. The van der Waals surface area contributed by atoms with Crippen molar-refractivity contribution >= 4 is 29.6 Å². The maximum Gasteiger partial charge on any atom is 3.00 e. The van der Waals surface area contributed by atoms with Crippen LogP contribution in [-0.4, -0.2) is 29.6 Å². The van der Waals surface area contributed by atoms with Gasteiger partial charge in [0.05, 0.1) is 0 Å². The third-order valence-electron chi connectivity index (χ3n) is 0. The molecule has 0 aromatic heterocycles. The van der Waals surface area contributed by atoms with E-state index >= 15 is 0 Å². The van der Waals surface area contributed by atoms with Crippen molar-refractivity contribution in [2.24, 2.45) is 0 Å². The molecule has 8 heavy (non-hydrogen) atoms. The van der Waals surface area contributed by atoms with Crippen LogP contribution >= 0.6 is 0 Å². The topological polar surface area (TPSA) is 71.4 Å². The molecule has 0 saturated carbocycles. The molecule has 0 N–H and O–H groups in total. The van der Waals surface area contributed by atoms with Crippen molar-refractivity contribution in [2.45, 2.75) is 0 Å². The van der Waals surface area contributed by atoms with Gasteiger partial charge in [-0.2, -0.15) is 0 Å². The minimum atomic E-state index is 0. The summed E-state index contributed by atoms with van der Waals surface area (Å²) in [5.74, 6) is 0. The van der Waals surface area contributed by atoms with Crippen LogP contribution in [0.4, 0.5) is 0 Å². The maximum atomic E-state index is 6.25. The molecule has 37 valence electrons. The van der Waals surface area contributed by atoms with Crippen LogP contribution in [-0.2, 0) is 19.5 Å². The van der Waals surface area contributed by atoms with Crippen molar-refractivity contribution < 1.29 is 19.5 Å². The Morgan fingerprint density at radius 3 is 0.625 bits per heavy atom. The molecule has 0 aromatic rings. The second kappa shape index (κ2) is 30200. The van der Waals surface area contributed by atoms with Crippen LogP contribution in [0.25, 0.3) is 0 Å². The zero-order chi connectivity index (χ0) is 6.00. The summed E-state index contributed by atoms with van der Waals surface area (Å²) >= 11 is 0. The van der Waals surface area contributed by atoms with E-state index in [-0.39, 0.29) is 49.0 Å². The molecule has 0 heterocycles. The normalized spacial score (nSPS) is 0.750. The van der Waals surface area contributed by atoms with Gasteiger partial charge < -0.3 is 35.5 Å². The van der Waals surface area contributed by atoms with Gasteiger partial charge in [-0.05, 0) is 0 Å². The minimum Gasteiger partial charge on any atom is -0.512 e. The van der Waals surface area contributed by atoms with Crippen molar-refractivity contribution in [1.29, 1.82) is 15.8 Å². The van der Waals surface area contributed by atoms with Crippen LogP contribution in [0, 0.1) is 35.5 Å². The standard InChI is InChI=1S/3CN.Na.Rh/c3*1-2;;/q3*-1;;+3. The Kier molecular flexibility index (Phi) is 161000. The van der Waals surface area contributed by atoms with Crippen molar-refractivity contribution in [2.75, 3.05) is 0 Å². The Morgan fingerprint density at radius 2 is 0.625 bits per heavy atom. The fourth-order valence-corrected chi connectivity index (χ4v) is 0. The fourth-order valence-electron chi connectivity index (χ4n) is 0. The first kappa shape index (κ1) is 42.6. The molecule has 5 heteroatoms. The molecule has 0 unspecified atom stereocenters. The molecule has 0 rings (SSSR count). The van der Waals surface area contributed by atoms with Gasteiger partial charge >= 0.3 is 19.5 Å².